The van der Waals surface area contributed by atoms with Crippen molar-refractivity contribution in [3.05, 3.63) is 23.8 Å². The van der Waals surface area contributed by atoms with E-state index in [9.17, 15) is 24.9 Å². The molecule has 0 fully saturated rings. The van der Waals surface area contributed by atoms with Gasteiger partial charge in [0, 0.05) is 33.0 Å². The minimum absolute atomic E-state index is 0.0838. The maximum atomic E-state index is 14.4. The first-order valence-electron chi connectivity index (χ1n) is 18.4. The molecule has 10 atom stereocenters. The van der Waals surface area contributed by atoms with Gasteiger partial charge in [-0.3, -0.25) is 9.59 Å². The van der Waals surface area contributed by atoms with E-state index in [1.807, 2.05) is 39.0 Å². The number of fused-ring (bicyclic) bond motifs is 1. The molecule has 7 nitrogen and oxygen atoms in total. The molecule has 2 aliphatic rings. The molecule has 0 spiro atoms. The summed E-state index contributed by atoms with van der Waals surface area (Å²) in [5, 5.41) is 32.7. The molecule has 7 heteroatoms. The Kier molecular flexibility index (Phi) is 7.85. The van der Waals surface area contributed by atoms with Gasteiger partial charge >= 0.3 is 11.9 Å². The van der Waals surface area contributed by atoms with Crippen LogP contribution >= 0.6 is 0 Å². The van der Waals surface area contributed by atoms with E-state index in [2.05, 4.69) is 0 Å². The van der Waals surface area contributed by atoms with Crippen LogP contribution in [0.15, 0.2) is 23.8 Å². The van der Waals surface area contributed by atoms with Gasteiger partial charge in [-0.05, 0) is 62.8 Å². The van der Waals surface area contributed by atoms with Crippen molar-refractivity contribution in [2.24, 2.45) is 51.7 Å². The quantitative estimate of drug-likeness (QED) is 0.215. The SMILES string of the molecule is [2H]C(C)(C)C([2H])([2H])[C@@]([2H])(C(=O)O[C@@]1(C)C(C)(C)C(OC)C=C2C=C[C@H](C)[C@H](C(C)C[C@@](C)(O)C(C)(C)[C@@H](O)C(C)C(=O)O)[C@]21C)C([2H])([2H])[2H]. The minimum Gasteiger partial charge on any atom is -0.481 e. The molecule has 0 aromatic rings. The fourth-order valence-electron chi connectivity index (χ4n) is 7.72. The van der Waals surface area contributed by atoms with Crippen molar-refractivity contribution in [3.8, 4) is 0 Å². The van der Waals surface area contributed by atoms with Crippen LogP contribution in [0.25, 0.3) is 0 Å². The van der Waals surface area contributed by atoms with Crippen LogP contribution in [0.5, 0.6) is 0 Å². The molecule has 0 amide bonds. The molecule has 0 aromatic carbocycles. The van der Waals surface area contributed by atoms with Gasteiger partial charge in [-0.1, -0.05) is 87.4 Å². The number of carbonyl (C=O) groups excluding carboxylic acids is 1. The average molecular weight is 600 g/mol. The van der Waals surface area contributed by atoms with Crippen LogP contribution in [0, 0.1) is 51.7 Å². The van der Waals surface area contributed by atoms with Crippen molar-refractivity contribution >= 4 is 11.9 Å². The maximum Gasteiger partial charge on any atom is 0.309 e. The lowest BCUT2D eigenvalue weighted by molar-refractivity contribution is -0.233. The number of rotatable bonds is 12. The highest BCUT2D eigenvalue weighted by Gasteiger charge is 2.67. The average Bonchev–Trinajstić information content (AvgIpc) is 2.92. The van der Waals surface area contributed by atoms with E-state index < -0.39 is 94.4 Å². The topological polar surface area (TPSA) is 113 Å². The van der Waals surface area contributed by atoms with Crippen LogP contribution in [-0.4, -0.2) is 57.8 Å². The van der Waals surface area contributed by atoms with E-state index in [0.29, 0.717) is 5.57 Å². The van der Waals surface area contributed by atoms with Crippen molar-refractivity contribution in [3.63, 3.8) is 0 Å². The van der Waals surface area contributed by atoms with Crippen LogP contribution in [0.4, 0.5) is 0 Å². The number of carboxylic acids is 1. The summed E-state index contributed by atoms with van der Waals surface area (Å²) in [5.41, 5.74) is -6.11. The first-order valence-corrected chi connectivity index (χ1v) is 14.9. The summed E-state index contributed by atoms with van der Waals surface area (Å²) in [4.78, 5) is 26.2. The number of ether oxygens (including phenoxy) is 2. The Morgan fingerprint density at radius 2 is 1.74 bits per heavy atom. The van der Waals surface area contributed by atoms with Gasteiger partial charge in [-0.15, -0.1) is 0 Å². The Balaban J connectivity index is 2.88. The van der Waals surface area contributed by atoms with E-state index in [4.69, 9.17) is 19.1 Å². The second kappa shape index (κ2) is 12.4. The third-order valence-corrected chi connectivity index (χ3v) is 11.1. The second-order valence-electron chi connectivity index (χ2n) is 14.6. The Morgan fingerprint density at radius 1 is 1.17 bits per heavy atom. The fraction of sp³-hybridized carbons (Fsp3) is 0.829. The summed E-state index contributed by atoms with van der Waals surface area (Å²) >= 11 is 0. The van der Waals surface area contributed by atoms with Crippen molar-refractivity contribution < 1.29 is 44.0 Å². The van der Waals surface area contributed by atoms with E-state index in [1.54, 1.807) is 41.5 Å². The van der Waals surface area contributed by atoms with Crippen molar-refractivity contribution in [1.29, 1.82) is 0 Å². The summed E-state index contributed by atoms with van der Waals surface area (Å²) in [6.45, 7) is 15.9. The number of aliphatic hydroxyl groups is 2. The van der Waals surface area contributed by atoms with E-state index in [1.165, 1.54) is 14.0 Å². The number of aliphatic hydroxyl groups excluding tert-OH is 1. The van der Waals surface area contributed by atoms with Gasteiger partial charge in [0.15, 0.2) is 0 Å². The third kappa shape index (κ3) is 5.99. The molecular formula is C35H60O7. The number of esters is 1. The Bertz CT molecular complexity index is 1330. The fourth-order valence-corrected chi connectivity index (χ4v) is 7.72. The zero-order valence-corrected chi connectivity index (χ0v) is 27.9. The predicted molar refractivity (Wildman–Crippen MR) is 167 cm³/mol. The first-order chi connectivity index (χ1) is 21.6. The number of aliphatic carboxylic acids is 1. The highest BCUT2D eigenvalue weighted by atomic mass is 16.6. The lowest BCUT2D eigenvalue weighted by atomic mass is 9.44. The highest BCUT2D eigenvalue weighted by Crippen LogP contribution is 2.65. The number of carbonyl (C=O) groups is 2. The minimum atomic E-state index is -3.52. The summed E-state index contributed by atoms with van der Waals surface area (Å²) < 4.78 is 71.7. The van der Waals surface area contributed by atoms with Crippen molar-refractivity contribution in [2.45, 2.75) is 126 Å². The standard InChI is InChI=1S/C35H60O7/c1-20(2)17-22(4)30(39)42-35(13)31(7,8)26(41-14)18-25-16-15-21(3)27(34(25,35)12)23(5)19-33(11,40)32(9,10)28(36)24(6)29(37)38/h15-16,18,20-24,26-28,36,40H,17,19H2,1-14H3,(H,37,38)/t21-,22-,23?,24?,26?,27+,28-,33+,34-,35-/m0/s1/i4D3,17D2,20D,22D. The molecule has 0 saturated carbocycles. The Morgan fingerprint density at radius 3 is 2.21 bits per heavy atom. The Hall–Kier alpha value is -1.70. The van der Waals surface area contributed by atoms with E-state index in [-0.39, 0.29) is 12.3 Å². The lowest BCUT2D eigenvalue weighted by Gasteiger charge is -2.64. The third-order valence-electron chi connectivity index (χ3n) is 11.1. The highest BCUT2D eigenvalue weighted by molar-refractivity contribution is 5.73. The number of hydrogen-bond acceptors (Lipinski definition) is 6. The molecule has 3 N–H and O–H groups in total. The zero-order chi connectivity index (χ0) is 38.9. The van der Waals surface area contributed by atoms with Gasteiger partial charge in [0.05, 0.1) is 29.6 Å². The molecule has 0 heterocycles. The van der Waals surface area contributed by atoms with Gasteiger partial charge in [0.2, 0.25) is 0 Å². The number of hydrogen-bond donors (Lipinski definition) is 3. The lowest BCUT2D eigenvalue weighted by Crippen LogP contribution is -2.68. The number of carboxylic acid groups (broad SMARTS) is 1. The van der Waals surface area contributed by atoms with Gasteiger partial charge < -0.3 is 24.8 Å². The van der Waals surface area contributed by atoms with Crippen LogP contribution in [0.3, 0.4) is 0 Å². The van der Waals surface area contributed by atoms with Crippen LogP contribution in [-0.2, 0) is 19.1 Å². The first kappa shape index (κ1) is 26.7. The maximum absolute atomic E-state index is 14.4. The zero-order valence-electron chi connectivity index (χ0n) is 34.9. The summed E-state index contributed by atoms with van der Waals surface area (Å²) in [6, 6.07) is 0. The Labute approximate surface area is 265 Å². The molecule has 0 bridgehead atoms. The molecule has 0 aliphatic heterocycles. The van der Waals surface area contributed by atoms with Gasteiger partial charge in [0.1, 0.15) is 5.60 Å². The molecule has 42 heavy (non-hydrogen) atoms. The van der Waals surface area contributed by atoms with Gasteiger partial charge in [-0.25, -0.2) is 0 Å². The number of allylic oxidation sites excluding steroid dienone is 2. The summed E-state index contributed by atoms with van der Waals surface area (Å²) in [5.74, 6) is -10.7. The normalized spacial score (nSPS) is 37.6. The van der Waals surface area contributed by atoms with Gasteiger partial charge in [0.25, 0.3) is 0 Å². The second-order valence-corrected chi connectivity index (χ2v) is 14.6. The molecule has 3 unspecified atom stereocenters. The summed E-state index contributed by atoms with van der Waals surface area (Å²) in [6.07, 6.45) is 0.623. The van der Waals surface area contributed by atoms with Gasteiger partial charge in [-0.2, -0.15) is 0 Å². The predicted octanol–water partition coefficient (Wildman–Crippen LogP) is 6.67. The molecule has 2 aliphatic carbocycles. The molecule has 242 valence electrons. The molecule has 0 aromatic heterocycles. The summed E-state index contributed by atoms with van der Waals surface area (Å²) in [7, 11) is 1.49. The monoisotopic (exact) mass is 599 g/mol. The largest absolute Gasteiger partial charge is 0.481 e. The molecule has 0 saturated heterocycles. The van der Waals surface area contributed by atoms with Crippen LogP contribution < -0.4 is 0 Å². The van der Waals surface area contributed by atoms with Crippen LogP contribution in [0.1, 0.15) is 112 Å². The van der Waals surface area contributed by atoms with E-state index >= 15 is 0 Å². The van der Waals surface area contributed by atoms with Crippen molar-refractivity contribution in [2.75, 3.05) is 7.11 Å². The van der Waals surface area contributed by atoms with Crippen molar-refractivity contribution in [1.82, 2.24) is 0 Å². The van der Waals surface area contributed by atoms with E-state index in [0.717, 1.165) is 13.8 Å². The molecule has 0 radical (unpaired) electrons. The molecule has 2 rings (SSSR count). The van der Waals surface area contributed by atoms with Crippen LogP contribution in [0.2, 0.25) is 0 Å². The molecular weight excluding hydrogens is 532 g/mol. The number of methoxy groups -OCH3 is 1. The smallest absolute Gasteiger partial charge is 0.309 e.